The molecule has 11 rings (SSSR count). The van der Waals surface area contributed by atoms with Crippen LogP contribution in [0.3, 0.4) is 0 Å². The summed E-state index contributed by atoms with van der Waals surface area (Å²) in [5.74, 6) is 0.696. The van der Waals surface area contributed by atoms with E-state index in [1.54, 1.807) is 9.59 Å². The molecule has 2 atom stereocenters. The van der Waals surface area contributed by atoms with Crippen molar-refractivity contribution in [2.24, 2.45) is 11.8 Å². The molecular formula is C62H48N8. The number of anilines is 2. The van der Waals surface area contributed by atoms with E-state index in [0.717, 1.165) is 73.3 Å². The predicted octanol–water partition coefficient (Wildman–Crippen LogP) is 14.5. The summed E-state index contributed by atoms with van der Waals surface area (Å²) in [4.78, 5) is 3.37. The summed E-state index contributed by atoms with van der Waals surface area (Å²) in [7, 11) is 0. The molecule has 0 radical (unpaired) electrons. The van der Waals surface area contributed by atoms with E-state index in [-0.39, 0.29) is 0 Å². The van der Waals surface area contributed by atoms with E-state index in [2.05, 4.69) is 187 Å². The molecule has 8 heteroatoms. The summed E-state index contributed by atoms with van der Waals surface area (Å²) in [5.41, 5.74) is 13.8. The highest BCUT2D eigenvalue weighted by atomic mass is 15.5. The van der Waals surface area contributed by atoms with Crippen LogP contribution in [0.25, 0.3) is 74.8 Å². The number of allylic oxidation sites excluding steroid dienone is 9. The second kappa shape index (κ2) is 20.2. The molecular weight excluding hydrogens is 857 g/mol. The summed E-state index contributed by atoms with van der Waals surface area (Å²) in [6.45, 7) is 0. The third-order valence-corrected chi connectivity index (χ3v) is 12.5. The average Bonchev–Trinajstić information content (AvgIpc) is 4.04. The third kappa shape index (κ3) is 9.83. The fraction of sp³-hybridized carbons (Fsp3) is 0.0323. The number of nitrogens with zero attached hydrogens (tertiary/aromatic N) is 6. The zero-order chi connectivity index (χ0) is 46.9. The number of benzene rings is 7. The lowest BCUT2D eigenvalue weighted by atomic mass is 9.79. The van der Waals surface area contributed by atoms with Gasteiger partial charge in [-0.2, -0.15) is 9.59 Å². The second-order valence-electron chi connectivity index (χ2n) is 17.0. The molecule has 8 nitrogen and oxygen atoms in total. The van der Waals surface area contributed by atoms with Crippen LogP contribution in [0.5, 0.6) is 0 Å². The van der Waals surface area contributed by atoms with Crippen molar-refractivity contribution in [1.82, 2.24) is 30.0 Å². The molecule has 336 valence electrons. The molecule has 7 aromatic carbocycles. The molecule has 2 aliphatic rings. The normalized spacial score (nSPS) is 15.4. The first-order chi connectivity index (χ1) is 34.7. The van der Waals surface area contributed by atoms with Gasteiger partial charge in [-0.25, -0.2) is 0 Å². The Bertz CT molecular complexity index is 3510. The van der Waals surface area contributed by atoms with Crippen LogP contribution in [-0.2, 0) is 0 Å². The van der Waals surface area contributed by atoms with Crippen LogP contribution in [0.15, 0.2) is 243 Å². The summed E-state index contributed by atoms with van der Waals surface area (Å²) in [5, 5.41) is 28.7. The lowest BCUT2D eigenvalue weighted by Gasteiger charge is -2.25. The minimum atomic E-state index is 0.321. The Morgan fingerprint density at radius 2 is 0.843 bits per heavy atom. The average molecular weight is 905 g/mol. The summed E-state index contributed by atoms with van der Waals surface area (Å²) < 4.78 is 0. The molecule has 2 heterocycles. The van der Waals surface area contributed by atoms with Crippen molar-refractivity contribution in [3.05, 3.63) is 271 Å². The van der Waals surface area contributed by atoms with Crippen molar-refractivity contribution in [3.63, 3.8) is 0 Å². The molecule has 2 aliphatic carbocycles. The highest BCUT2D eigenvalue weighted by molar-refractivity contribution is 5.93. The number of aromatic nitrogens is 6. The highest BCUT2D eigenvalue weighted by Crippen LogP contribution is 2.33. The predicted molar refractivity (Wildman–Crippen MR) is 290 cm³/mol. The first-order valence-corrected chi connectivity index (χ1v) is 23.5. The molecule has 0 saturated carbocycles. The Labute approximate surface area is 407 Å². The van der Waals surface area contributed by atoms with Gasteiger partial charge in [-0.15, -0.1) is 20.4 Å². The Hall–Kier alpha value is -9.40. The van der Waals surface area contributed by atoms with E-state index in [9.17, 15) is 0 Å². The maximum atomic E-state index is 4.87. The van der Waals surface area contributed by atoms with Gasteiger partial charge in [-0.3, -0.25) is 0 Å². The van der Waals surface area contributed by atoms with Crippen molar-refractivity contribution in [3.8, 4) is 33.6 Å². The van der Waals surface area contributed by atoms with Crippen LogP contribution in [0, 0.1) is 11.8 Å². The molecule has 0 amide bonds. The highest BCUT2D eigenvalue weighted by Gasteiger charge is 2.21. The molecule has 0 spiro atoms. The van der Waals surface area contributed by atoms with Gasteiger partial charge < -0.3 is 10.6 Å². The number of nitrogens with one attached hydrogen (secondary N) is 2. The second-order valence-corrected chi connectivity index (χ2v) is 17.0. The first kappa shape index (κ1) is 43.2. The van der Waals surface area contributed by atoms with Gasteiger partial charge in [0.2, 0.25) is 0 Å². The largest absolute Gasteiger partial charge is 0.362 e. The lowest BCUT2D eigenvalue weighted by molar-refractivity contribution is 0.637. The quantitative estimate of drug-likeness (QED) is 0.113. The van der Waals surface area contributed by atoms with E-state index >= 15 is 0 Å². The summed E-state index contributed by atoms with van der Waals surface area (Å²) in [6, 6.07) is 60.3. The van der Waals surface area contributed by atoms with Gasteiger partial charge in [0.25, 0.3) is 0 Å². The third-order valence-electron chi connectivity index (χ3n) is 12.5. The molecule has 0 fully saturated rings. The smallest absolute Gasteiger partial charge is 0.115 e. The topological polar surface area (TPSA) is 85.5 Å². The van der Waals surface area contributed by atoms with Crippen LogP contribution in [0.2, 0.25) is 0 Å². The van der Waals surface area contributed by atoms with Crippen molar-refractivity contribution in [1.29, 1.82) is 0 Å². The number of fused-ring (bicyclic) bond motifs is 2. The Kier molecular flexibility index (Phi) is 12.5. The maximum absolute atomic E-state index is 4.87. The zero-order valence-electron chi connectivity index (χ0n) is 38.2. The standard InChI is InChI=1S/C62H48N8/c1-3-19-55(20-4-1)69-65-59(39-33-51-17-11-15-49-13-7-9-23-57(49)51)61(67-69)41-43-63-53-35-29-47(30-36-53)45-25-27-46(28-26-45)48-31-37-54(38-32-48)64-44-42-62-60(66-70(68-62)56-21-5-2-6-22-56)40-34-52-18-12-16-50-14-8-10-24-58(50)52/h1-44,49,57,63-64H/b39-33-,40-34-,43-41+,44-42+. The molecule has 0 aliphatic heterocycles. The van der Waals surface area contributed by atoms with Gasteiger partial charge >= 0.3 is 0 Å². The van der Waals surface area contributed by atoms with Crippen LogP contribution in [0.1, 0.15) is 28.3 Å². The number of hydrogen-bond donors (Lipinski definition) is 2. The van der Waals surface area contributed by atoms with Gasteiger partial charge in [0.05, 0.1) is 11.4 Å². The van der Waals surface area contributed by atoms with Crippen LogP contribution >= 0.6 is 0 Å². The molecule has 2 N–H and O–H groups in total. The molecule has 0 saturated heterocycles. The van der Waals surface area contributed by atoms with E-state index in [1.165, 1.54) is 16.3 Å². The molecule has 2 aromatic heterocycles. The molecule has 2 unspecified atom stereocenters. The van der Waals surface area contributed by atoms with Crippen molar-refractivity contribution < 1.29 is 0 Å². The Morgan fingerprint density at radius 3 is 1.41 bits per heavy atom. The van der Waals surface area contributed by atoms with E-state index in [1.807, 2.05) is 91.3 Å². The van der Waals surface area contributed by atoms with E-state index < -0.39 is 0 Å². The van der Waals surface area contributed by atoms with E-state index in [0.29, 0.717) is 11.8 Å². The van der Waals surface area contributed by atoms with Gasteiger partial charge in [0, 0.05) is 35.6 Å². The Morgan fingerprint density at radius 1 is 0.386 bits per heavy atom. The Balaban J connectivity index is 0.730. The van der Waals surface area contributed by atoms with Crippen molar-refractivity contribution in [2.75, 3.05) is 10.6 Å². The van der Waals surface area contributed by atoms with Gasteiger partial charge in [0.1, 0.15) is 22.8 Å². The fourth-order valence-corrected chi connectivity index (χ4v) is 8.75. The number of para-hydroxylation sites is 2. The minimum absolute atomic E-state index is 0.321. The van der Waals surface area contributed by atoms with Gasteiger partial charge in [-0.05, 0) is 117 Å². The minimum Gasteiger partial charge on any atom is -0.362 e. The summed E-state index contributed by atoms with van der Waals surface area (Å²) in [6.07, 6.45) is 31.5. The number of rotatable bonds is 14. The van der Waals surface area contributed by atoms with Crippen LogP contribution < -0.4 is 10.6 Å². The SMILES string of the molecule is C1=CC2C=CC=C(/C=C\c3nn(-c4ccccc4)nc3/C=C/Nc3ccc(-c4ccc(-c5ccc(N/C=C/c6nn(-c7ccccc7)nc6/C=C\c6cccc7ccccc67)cc5)cc4)cc3)C2C=C1. The fourth-order valence-electron chi connectivity index (χ4n) is 8.75. The molecule has 70 heavy (non-hydrogen) atoms. The maximum Gasteiger partial charge on any atom is 0.115 e. The monoisotopic (exact) mass is 904 g/mol. The molecule has 9 aromatic rings. The van der Waals surface area contributed by atoms with Crippen molar-refractivity contribution >= 4 is 52.5 Å². The van der Waals surface area contributed by atoms with Crippen LogP contribution in [0.4, 0.5) is 11.4 Å². The summed E-state index contributed by atoms with van der Waals surface area (Å²) >= 11 is 0. The van der Waals surface area contributed by atoms with Crippen molar-refractivity contribution in [2.45, 2.75) is 0 Å². The first-order valence-electron chi connectivity index (χ1n) is 23.5. The number of hydrogen-bond acceptors (Lipinski definition) is 6. The van der Waals surface area contributed by atoms with E-state index in [4.69, 9.17) is 20.4 Å². The van der Waals surface area contributed by atoms with Gasteiger partial charge in [-0.1, -0.05) is 182 Å². The zero-order valence-corrected chi connectivity index (χ0v) is 38.2. The van der Waals surface area contributed by atoms with Crippen LogP contribution in [-0.4, -0.2) is 30.0 Å². The van der Waals surface area contributed by atoms with Gasteiger partial charge in [0.15, 0.2) is 0 Å². The lowest BCUT2D eigenvalue weighted by Crippen LogP contribution is -2.14. The molecule has 0 bridgehead atoms.